The molecule has 8 heteroatoms. The molecule has 0 spiro atoms. The lowest BCUT2D eigenvalue weighted by molar-refractivity contribution is -0.124. The van der Waals surface area contributed by atoms with E-state index >= 15 is 0 Å². The third kappa shape index (κ3) is 7.59. The second-order valence-electron chi connectivity index (χ2n) is 7.79. The van der Waals surface area contributed by atoms with Gasteiger partial charge in [0.05, 0.1) is 10.5 Å². The first-order valence-electron chi connectivity index (χ1n) is 9.76. The summed E-state index contributed by atoms with van der Waals surface area (Å²) in [4.78, 5) is 24.1. The van der Waals surface area contributed by atoms with Gasteiger partial charge in [-0.2, -0.15) is 0 Å². The molecule has 0 saturated heterocycles. The maximum Gasteiger partial charge on any atom is 0.338 e. The van der Waals surface area contributed by atoms with E-state index in [9.17, 15) is 18.0 Å². The van der Waals surface area contributed by atoms with Gasteiger partial charge in [-0.25, -0.2) is 17.9 Å². The predicted octanol–water partition coefficient (Wildman–Crippen LogP) is 2.62. The van der Waals surface area contributed by atoms with Crippen LogP contribution in [0.5, 0.6) is 0 Å². The first-order chi connectivity index (χ1) is 13.2. The van der Waals surface area contributed by atoms with Gasteiger partial charge >= 0.3 is 5.97 Å². The number of amides is 1. The molecule has 2 N–H and O–H groups in total. The lowest BCUT2D eigenvalue weighted by Crippen LogP contribution is -2.35. The zero-order valence-corrected chi connectivity index (χ0v) is 17.6. The number of ether oxygens (including phenoxy) is 1. The van der Waals surface area contributed by atoms with Crippen LogP contribution in [0.1, 0.15) is 63.2 Å². The van der Waals surface area contributed by atoms with Crippen molar-refractivity contribution in [2.75, 3.05) is 6.61 Å². The van der Waals surface area contributed by atoms with E-state index in [0.29, 0.717) is 5.92 Å². The van der Waals surface area contributed by atoms with E-state index < -0.39 is 22.6 Å². The van der Waals surface area contributed by atoms with Gasteiger partial charge in [-0.05, 0) is 50.3 Å². The molecule has 1 unspecified atom stereocenters. The second kappa shape index (κ2) is 10.0. The van der Waals surface area contributed by atoms with Crippen molar-refractivity contribution in [3.8, 4) is 0 Å². The van der Waals surface area contributed by atoms with Gasteiger partial charge in [0.25, 0.3) is 5.91 Å². The average molecular weight is 411 g/mol. The van der Waals surface area contributed by atoms with Crippen LogP contribution in [0.15, 0.2) is 29.2 Å². The van der Waals surface area contributed by atoms with Gasteiger partial charge in [-0.1, -0.05) is 32.8 Å². The fourth-order valence-electron chi connectivity index (χ4n) is 2.71. The number of hydrogen-bond acceptors (Lipinski definition) is 5. The Bertz CT molecular complexity index is 788. The van der Waals surface area contributed by atoms with E-state index in [1.807, 2.05) is 6.92 Å². The number of hydrogen-bond donors (Lipinski definition) is 2. The average Bonchev–Trinajstić information content (AvgIpc) is 3.42. The van der Waals surface area contributed by atoms with Crippen molar-refractivity contribution in [3.05, 3.63) is 29.8 Å². The molecule has 1 amide bonds. The molecule has 1 aromatic rings. The number of benzene rings is 1. The number of rotatable bonds is 11. The van der Waals surface area contributed by atoms with Crippen molar-refractivity contribution in [2.24, 2.45) is 5.92 Å². The maximum atomic E-state index is 12.2. The topological polar surface area (TPSA) is 102 Å². The molecule has 1 aromatic carbocycles. The molecule has 0 aliphatic heterocycles. The molecule has 1 saturated carbocycles. The van der Waals surface area contributed by atoms with Crippen LogP contribution in [0, 0.1) is 5.92 Å². The molecule has 156 valence electrons. The molecule has 0 aromatic heterocycles. The van der Waals surface area contributed by atoms with Crippen LogP contribution in [0.2, 0.25) is 0 Å². The summed E-state index contributed by atoms with van der Waals surface area (Å²) in [7, 11) is -3.65. The smallest absolute Gasteiger partial charge is 0.338 e. The highest BCUT2D eigenvalue weighted by molar-refractivity contribution is 7.89. The first-order valence-corrected chi connectivity index (χ1v) is 11.2. The van der Waals surface area contributed by atoms with Crippen LogP contribution in [-0.4, -0.2) is 39.0 Å². The van der Waals surface area contributed by atoms with Crippen LogP contribution >= 0.6 is 0 Å². The van der Waals surface area contributed by atoms with Crippen LogP contribution in [-0.2, 0) is 19.6 Å². The molecule has 7 nitrogen and oxygen atoms in total. The Hall–Kier alpha value is -1.93. The van der Waals surface area contributed by atoms with Crippen LogP contribution < -0.4 is 10.0 Å². The summed E-state index contributed by atoms with van der Waals surface area (Å²) < 4.78 is 32.1. The van der Waals surface area contributed by atoms with Crippen molar-refractivity contribution < 1.29 is 22.7 Å². The molecule has 0 bridgehead atoms. The number of sulfonamides is 1. The summed E-state index contributed by atoms with van der Waals surface area (Å²) in [5.41, 5.74) is 0.0939. The number of carbonyl (C=O) groups excluding carboxylic acids is 2. The molecular weight excluding hydrogens is 380 g/mol. The minimum atomic E-state index is -3.65. The summed E-state index contributed by atoms with van der Waals surface area (Å²) in [6.45, 7) is 5.84. The molecule has 1 aliphatic carbocycles. The molecule has 2 rings (SSSR count). The summed E-state index contributed by atoms with van der Waals surface area (Å²) in [5.74, 6) is -0.474. The Morgan fingerprint density at radius 1 is 1.18 bits per heavy atom. The van der Waals surface area contributed by atoms with Gasteiger partial charge < -0.3 is 10.1 Å². The largest absolute Gasteiger partial charge is 0.452 e. The zero-order valence-electron chi connectivity index (χ0n) is 16.7. The van der Waals surface area contributed by atoms with E-state index in [4.69, 9.17) is 4.74 Å². The lowest BCUT2D eigenvalue weighted by atomic mass is 10.0. The minimum Gasteiger partial charge on any atom is -0.452 e. The standard InChI is InChI=1S/C20H30N2O5S/c1-14(2)6-4-7-15(3)21-19(23)13-27-20(24)16-8-5-9-18(12-16)28(25,26)22-17-10-11-17/h5,8-9,12,14-15,17,22H,4,6-7,10-11,13H2,1-3H3,(H,21,23). The fourth-order valence-corrected chi connectivity index (χ4v) is 4.06. The molecular formula is C20H30N2O5S. The zero-order chi connectivity index (χ0) is 20.7. The highest BCUT2D eigenvalue weighted by Gasteiger charge is 2.28. The van der Waals surface area contributed by atoms with Gasteiger partial charge in [0, 0.05) is 12.1 Å². The molecule has 28 heavy (non-hydrogen) atoms. The van der Waals surface area contributed by atoms with Gasteiger partial charge in [0.1, 0.15) is 0 Å². The Balaban J connectivity index is 1.82. The van der Waals surface area contributed by atoms with Crippen molar-refractivity contribution >= 4 is 21.9 Å². The van der Waals surface area contributed by atoms with Crippen molar-refractivity contribution in [1.82, 2.24) is 10.0 Å². The van der Waals surface area contributed by atoms with Crippen LogP contribution in [0.4, 0.5) is 0 Å². The second-order valence-corrected chi connectivity index (χ2v) is 9.51. The summed E-state index contributed by atoms with van der Waals surface area (Å²) in [6.07, 6.45) is 4.64. The number of nitrogens with one attached hydrogen (secondary N) is 2. The Morgan fingerprint density at radius 2 is 1.89 bits per heavy atom. The summed E-state index contributed by atoms with van der Waals surface area (Å²) in [5, 5.41) is 2.80. The highest BCUT2D eigenvalue weighted by atomic mass is 32.2. The van der Waals surface area contributed by atoms with Gasteiger partial charge in [0.15, 0.2) is 6.61 Å². The lowest BCUT2D eigenvalue weighted by Gasteiger charge is -2.14. The minimum absolute atomic E-state index is 0.00641. The van der Waals surface area contributed by atoms with Crippen LogP contribution in [0.25, 0.3) is 0 Å². The molecule has 1 atom stereocenters. The molecule has 0 heterocycles. The SMILES string of the molecule is CC(C)CCCC(C)NC(=O)COC(=O)c1cccc(S(=O)(=O)NC2CC2)c1. The monoisotopic (exact) mass is 410 g/mol. The molecule has 1 aliphatic rings. The molecule has 1 fully saturated rings. The van der Waals surface area contributed by atoms with Gasteiger partial charge in [0.2, 0.25) is 10.0 Å². The Labute approximate surface area is 167 Å². The van der Waals surface area contributed by atoms with Gasteiger partial charge in [-0.3, -0.25) is 4.79 Å². The predicted molar refractivity (Wildman–Crippen MR) is 106 cm³/mol. The van der Waals surface area contributed by atoms with E-state index in [-0.39, 0.29) is 28.4 Å². The third-order valence-electron chi connectivity index (χ3n) is 4.44. The summed E-state index contributed by atoms with van der Waals surface area (Å²) >= 11 is 0. The Morgan fingerprint density at radius 3 is 2.54 bits per heavy atom. The quantitative estimate of drug-likeness (QED) is 0.546. The van der Waals surface area contributed by atoms with Crippen molar-refractivity contribution in [1.29, 1.82) is 0 Å². The van der Waals surface area contributed by atoms with Crippen molar-refractivity contribution in [2.45, 2.75) is 69.9 Å². The normalized spacial score (nSPS) is 15.3. The summed E-state index contributed by atoms with van der Waals surface area (Å²) in [6, 6.07) is 5.62. The Kier molecular flexibility index (Phi) is 8.00. The van der Waals surface area contributed by atoms with E-state index in [0.717, 1.165) is 32.1 Å². The van der Waals surface area contributed by atoms with Crippen molar-refractivity contribution in [3.63, 3.8) is 0 Å². The van der Waals surface area contributed by atoms with Gasteiger partial charge in [-0.15, -0.1) is 0 Å². The van der Waals surface area contributed by atoms with E-state index in [1.165, 1.54) is 24.3 Å². The highest BCUT2D eigenvalue weighted by Crippen LogP contribution is 2.22. The van der Waals surface area contributed by atoms with Crippen LogP contribution in [0.3, 0.4) is 0 Å². The first kappa shape index (κ1) is 22.4. The van der Waals surface area contributed by atoms with E-state index in [1.54, 1.807) is 0 Å². The molecule has 0 radical (unpaired) electrons. The third-order valence-corrected chi connectivity index (χ3v) is 5.96. The fraction of sp³-hybridized carbons (Fsp3) is 0.600. The van der Waals surface area contributed by atoms with E-state index in [2.05, 4.69) is 23.9 Å². The number of esters is 1. The number of carbonyl (C=O) groups is 2. The maximum absolute atomic E-state index is 12.2.